The first-order valence-corrected chi connectivity index (χ1v) is 6.77. The average Bonchev–Trinajstić information content (AvgIpc) is 2.42. The van der Waals surface area contributed by atoms with Crippen molar-refractivity contribution >= 4 is 17.6 Å². The number of aliphatic hydroxyl groups excluding tert-OH is 1. The number of hydrogen-bond donors (Lipinski definition) is 3. The smallest absolute Gasteiger partial charge is 0.328 e. The number of carbonyl (C=O) groups is 2. The van der Waals surface area contributed by atoms with E-state index in [2.05, 4.69) is 5.32 Å². The summed E-state index contributed by atoms with van der Waals surface area (Å²) in [6.45, 7) is 1.33. The van der Waals surface area contributed by atoms with Gasteiger partial charge in [-0.3, -0.25) is 4.79 Å². The molecule has 0 saturated carbocycles. The van der Waals surface area contributed by atoms with Crippen LogP contribution in [0.1, 0.15) is 18.9 Å². The van der Waals surface area contributed by atoms with Crippen molar-refractivity contribution in [2.45, 2.75) is 31.9 Å². The van der Waals surface area contributed by atoms with Gasteiger partial charge in [0.15, 0.2) is 6.04 Å². The van der Waals surface area contributed by atoms with Gasteiger partial charge in [0.2, 0.25) is 5.91 Å². The third-order valence-corrected chi connectivity index (χ3v) is 3.16. The highest BCUT2D eigenvalue weighted by Gasteiger charge is 2.24. The number of aliphatic hydroxyl groups is 1. The van der Waals surface area contributed by atoms with Crippen molar-refractivity contribution in [2.24, 2.45) is 0 Å². The van der Waals surface area contributed by atoms with Gasteiger partial charge in [-0.1, -0.05) is 12.1 Å². The molecule has 1 aromatic carbocycles. The lowest BCUT2D eigenvalue weighted by molar-refractivity contribution is -0.144. The van der Waals surface area contributed by atoms with E-state index in [0.717, 1.165) is 11.3 Å². The molecule has 0 spiro atoms. The van der Waals surface area contributed by atoms with Gasteiger partial charge in [0, 0.05) is 26.2 Å². The average molecular weight is 294 g/mol. The Morgan fingerprint density at radius 3 is 2.24 bits per heavy atom. The van der Waals surface area contributed by atoms with Gasteiger partial charge in [-0.25, -0.2) is 4.79 Å². The molecule has 0 aliphatic carbocycles. The second-order valence-corrected chi connectivity index (χ2v) is 5.18. The third kappa shape index (κ3) is 5.43. The van der Waals surface area contributed by atoms with E-state index in [0.29, 0.717) is 6.42 Å². The SMILES string of the molecule is C[C@@H](O)[C@H](NC(=O)CCc1ccc(N(C)C)cc1)C(=O)O. The van der Waals surface area contributed by atoms with Crippen LogP contribution in [-0.4, -0.2) is 48.3 Å². The standard InChI is InChI=1S/C15H22N2O4/c1-10(18)14(15(20)21)16-13(19)9-6-11-4-7-12(8-5-11)17(2)3/h4-5,7-8,10,14,18H,6,9H2,1-3H3,(H,16,19)(H,20,21)/t10-,14+/m1/s1. The summed E-state index contributed by atoms with van der Waals surface area (Å²) < 4.78 is 0. The molecular weight excluding hydrogens is 272 g/mol. The Kier molecular flexibility index (Phi) is 6.17. The van der Waals surface area contributed by atoms with Crippen LogP contribution >= 0.6 is 0 Å². The molecule has 116 valence electrons. The van der Waals surface area contributed by atoms with Crippen molar-refractivity contribution in [3.63, 3.8) is 0 Å². The fourth-order valence-corrected chi connectivity index (χ4v) is 1.85. The van der Waals surface area contributed by atoms with Crippen molar-refractivity contribution in [1.82, 2.24) is 5.32 Å². The highest BCUT2D eigenvalue weighted by atomic mass is 16.4. The predicted octanol–water partition coefficient (Wildman–Crippen LogP) is 0.635. The van der Waals surface area contributed by atoms with Crippen molar-refractivity contribution < 1.29 is 19.8 Å². The number of rotatable bonds is 7. The molecule has 1 amide bonds. The summed E-state index contributed by atoms with van der Waals surface area (Å²) in [5, 5.41) is 20.5. The zero-order chi connectivity index (χ0) is 16.0. The van der Waals surface area contributed by atoms with Gasteiger partial charge >= 0.3 is 5.97 Å². The molecule has 1 aromatic rings. The number of anilines is 1. The molecule has 0 aromatic heterocycles. The second-order valence-electron chi connectivity index (χ2n) is 5.18. The molecule has 0 heterocycles. The summed E-state index contributed by atoms with van der Waals surface area (Å²) in [6.07, 6.45) is -0.436. The Morgan fingerprint density at radius 1 is 1.24 bits per heavy atom. The van der Waals surface area contributed by atoms with Gasteiger partial charge in [0.1, 0.15) is 0 Å². The molecule has 3 N–H and O–H groups in total. The molecule has 6 heteroatoms. The van der Waals surface area contributed by atoms with E-state index in [-0.39, 0.29) is 12.3 Å². The monoisotopic (exact) mass is 294 g/mol. The third-order valence-electron chi connectivity index (χ3n) is 3.16. The topological polar surface area (TPSA) is 89.9 Å². The van der Waals surface area contributed by atoms with Crippen LogP contribution in [0.15, 0.2) is 24.3 Å². The van der Waals surface area contributed by atoms with E-state index >= 15 is 0 Å². The molecule has 2 atom stereocenters. The van der Waals surface area contributed by atoms with Gasteiger partial charge in [-0.2, -0.15) is 0 Å². The van der Waals surface area contributed by atoms with E-state index in [9.17, 15) is 14.7 Å². The summed E-state index contributed by atoms with van der Waals surface area (Å²) in [5.74, 6) is -1.63. The molecule has 0 saturated heterocycles. The summed E-state index contributed by atoms with van der Waals surface area (Å²) in [5.41, 5.74) is 2.07. The van der Waals surface area contributed by atoms with Crippen molar-refractivity contribution in [1.29, 1.82) is 0 Å². The first kappa shape index (κ1) is 17.0. The maximum absolute atomic E-state index is 11.7. The van der Waals surface area contributed by atoms with E-state index in [1.54, 1.807) is 0 Å². The van der Waals surface area contributed by atoms with Crippen molar-refractivity contribution in [3.05, 3.63) is 29.8 Å². The number of hydrogen-bond acceptors (Lipinski definition) is 4. The van der Waals surface area contributed by atoms with Gasteiger partial charge < -0.3 is 20.4 Å². The summed E-state index contributed by atoms with van der Waals surface area (Å²) >= 11 is 0. The molecule has 0 unspecified atom stereocenters. The van der Waals surface area contributed by atoms with Gasteiger partial charge in [0.05, 0.1) is 6.10 Å². The molecule has 1 rings (SSSR count). The molecule has 0 aliphatic heterocycles. The molecule has 0 bridgehead atoms. The fraction of sp³-hybridized carbons (Fsp3) is 0.467. The van der Waals surface area contributed by atoms with Gasteiger partial charge in [0.25, 0.3) is 0 Å². The Balaban J connectivity index is 2.51. The largest absolute Gasteiger partial charge is 0.480 e. The second kappa shape index (κ2) is 7.64. The molecule has 0 fully saturated rings. The number of nitrogens with one attached hydrogen (secondary N) is 1. The van der Waals surface area contributed by atoms with Crippen LogP contribution in [0.3, 0.4) is 0 Å². The Bertz CT molecular complexity index is 483. The zero-order valence-corrected chi connectivity index (χ0v) is 12.5. The van der Waals surface area contributed by atoms with Crippen molar-refractivity contribution in [2.75, 3.05) is 19.0 Å². The van der Waals surface area contributed by atoms with Crippen LogP contribution in [0.5, 0.6) is 0 Å². The number of aliphatic carboxylic acids is 1. The lowest BCUT2D eigenvalue weighted by Crippen LogP contribution is -2.47. The van der Waals surface area contributed by atoms with Crippen LogP contribution in [0.4, 0.5) is 5.69 Å². The lowest BCUT2D eigenvalue weighted by Gasteiger charge is -2.17. The minimum atomic E-state index is -1.27. The fourth-order valence-electron chi connectivity index (χ4n) is 1.85. The normalized spacial score (nSPS) is 13.3. The predicted molar refractivity (Wildman–Crippen MR) is 80.3 cm³/mol. The molecular formula is C15H22N2O4. The molecule has 0 radical (unpaired) electrons. The van der Waals surface area contributed by atoms with Crippen LogP contribution in [0.25, 0.3) is 0 Å². The van der Waals surface area contributed by atoms with Gasteiger partial charge in [-0.15, -0.1) is 0 Å². The minimum absolute atomic E-state index is 0.178. The van der Waals surface area contributed by atoms with Crippen LogP contribution in [0.2, 0.25) is 0 Å². The van der Waals surface area contributed by atoms with Crippen LogP contribution in [0, 0.1) is 0 Å². The summed E-state index contributed by atoms with van der Waals surface area (Å²) in [4.78, 5) is 24.6. The Hall–Kier alpha value is -2.08. The maximum atomic E-state index is 11.7. The maximum Gasteiger partial charge on any atom is 0.328 e. The summed E-state index contributed by atoms with van der Waals surface area (Å²) in [6, 6.07) is 6.53. The molecule has 6 nitrogen and oxygen atoms in total. The zero-order valence-electron chi connectivity index (χ0n) is 12.5. The number of carboxylic acid groups (broad SMARTS) is 1. The molecule has 21 heavy (non-hydrogen) atoms. The van der Waals surface area contributed by atoms with E-state index in [4.69, 9.17) is 5.11 Å². The Morgan fingerprint density at radius 2 is 1.81 bits per heavy atom. The van der Waals surface area contributed by atoms with Gasteiger partial charge in [-0.05, 0) is 31.0 Å². The van der Waals surface area contributed by atoms with Crippen LogP contribution < -0.4 is 10.2 Å². The van der Waals surface area contributed by atoms with E-state index in [1.165, 1.54) is 6.92 Å². The minimum Gasteiger partial charge on any atom is -0.480 e. The van der Waals surface area contributed by atoms with Crippen LogP contribution in [-0.2, 0) is 16.0 Å². The highest BCUT2D eigenvalue weighted by Crippen LogP contribution is 2.13. The first-order valence-electron chi connectivity index (χ1n) is 6.77. The number of carboxylic acids is 1. The quantitative estimate of drug-likeness (QED) is 0.686. The van der Waals surface area contributed by atoms with E-state index in [1.807, 2.05) is 43.3 Å². The lowest BCUT2D eigenvalue weighted by atomic mass is 10.1. The number of aryl methyl sites for hydroxylation is 1. The number of benzene rings is 1. The number of amides is 1. The summed E-state index contributed by atoms with van der Waals surface area (Å²) in [7, 11) is 3.90. The number of nitrogens with zero attached hydrogens (tertiary/aromatic N) is 1. The Labute approximate surface area is 124 Å². The first-order chi connectivity index (χ1) is 9.81. The molecule has 0 aliphatic rings. The number of carbonyl (C=O) groups excluding carboxylic acids is 1. The highest BCUT2D eigenvalue weighted by molar-refractivity contribution is 5.84. The van der Waals surface area contributed by atoms with Crippen molar-refractivity contribution in [3.8, 4) is 0 Å². The van der Waals surface area contributed by atoms with E-state index < -0.39 is 18.1 Å².